The van der Waals surface area contributed by atoms with Crippen molar-refractivity contribution in [2.24, 2.45) is 5.92 Å². The zero-order valence-corrected chi connectivity index (χ0v) is 22.3. The zero-order valence-electron chi connectivity index (χ0n) is 21.3. The number of carbonyl (C=O) groups is 1. The van der Waals surface area contributed by atoms with Crippen LogP contribution in [0.4, 0.5) is 0 Å². The van der Waals surface area contributed by atoms with E-state index in [9.17, 15) is 4.79 Å². The summed E-state index contributed by atoms with van der Waals surface area (Å²) in [5.41, 5.74) is 0.0197. The lowest BCUT2D eigenvalue weighted by molar-refractivity contribution is -0.153. The van der Waals surface area contributed by atoms with Crippen LogP contribution in [0.2, 0.25) is 5.04 Å². The van der Waals surface area contributed by atoms with Gasteiger partial charge in [0.15, 0.2) is 0 Å². The van der Waals surface area contributed by atoms with Gasteiger partial charge in [0.05, 0.1) is 0 Å². The van der Waals surface area contributed by atoms with Gasteiger partial charge in [-0.3, -0.25) is 4.79 Å². The van der Waals surface area contributed by atoms with Crippen LogP contribution < -0.4 is 10.4 Å². The molecular formula is C30H41NO2Si. The maximum Gasteiger partial charge on any atom is 0.261 e. The van der Waals surface area contributed by atoms with E-state index in [0.29, 0.717) is 17.9 Å². The van der Waals surface area contributed by atoms with Crippen LogP contribution in [-0.2, 0) is 9.22 Å². The quantitative estimate of drug-likeness (QED) is 0.522. The van der Waals surface area contributed by atoms with E-state index < -0.39 is 8.32 Å². The number of rotatable bonds is 5. The number of hydrogen-bond acceptors (Lipinski definition) is 2. The molecule has 2 heterocycles. The Bertz CT molecular complexity index is 944. The minimum Gasteiger partial charge on any atom is -0.407 e. The summed E-state index contributed by atoms with van der Waals surface area (Å²) in [7, 11) is -2.56. The zero-order chi connectivity index (χ0) is 23.8. The molecule has 2 aromatic rings. The molecule has 3 aliphatic rings. The molecule has 1 spiro atoms. The van der Waals surface area contributed by atoms with Gasteiger partial charge >= 0.3 is 0 Å². The number of piperidine rings is 2. The summed E-state index contributed by atoms with van der Waals surface area (Å²) in [4.78, 5) is 15.6. The maximum absolute atomic E-state index is 13.2. The largest absolute Gasteiger partial charge is 0.407 e. The van der Waals surface area contributed by atoms with E-state index in [4.69, 9.17) is 4.43 Å². The van der Waals surface area contributed by atoms with Crippen LogP contribution in [0.25, 0.3) is 0 Å². The molecule has 0 aromatic heterocycles. The average Bonchev–Trinajstić information content (AvgIpc) is 3.22. The van der Waals surface area contributed by atoms with Crippen molar-refractivity contribution in [3.63, 3.8) is 0 Å². The van der Waals surface area contributed by atoms with Crippen molar-refractivity contribution in [1.82, 2.24) is 4.90 Å². The van der Waals surface area contributed by atoms with Crippen molar-refractivity contribution in [1.29, 1.82) is 0 Å². The molecular weight excluding hydrogens is 434 g/mol. The first-order chi connectivity index (χ1) is 16.4. The molecule has 4 heteroatoms. The monoisotopic (exact) mass is 475 g/mol. The molecule has 2 saturated heterocycles. The first kappa shape index (κ1) is 23.8. The highest BCUT2D eigenvalue weighted by Crippen LogP contribution is 2.51. The van der Waals surface area contributed by atoms with Crippen molar-refractivity contribution in [3.8, 4) is 0 Å². The highest BCUT2D eigenvalue weighted by Gasteiger charge is 2.56. The van der Waals surface area contributed by atoms with Crippen LogP contribution in [0.5, 0.6) is 0 Å². The molecule has 0 bridgehead atoms. The SMILES string of the molecule is CC(C)(C)[Si](OC[C@H]1CCC[C@]12CCC[C@@H]1CCCC(=O)N12)(c1ccccc1)c1ccccc1. The summed E-state index contributed by atoms with van der Waals surface area (Å²) in [5, 5.41) is 2.67. The molecule has 2 aromatic carbocycles. The van der Waals surface area contributed by atoms with Gasteiger partial charge in [-0.2, -0.15) is 0 Å². The number of benzene rings is 2. The average molecular weight is 476 g/mol. The van der Waals surface area contributed by atoms with E-state index in [0.717, 1.165) is 32.3 Å². The fourth-order valence-corrected chi connectivity index (χ4v) is 12.2. The predicted octanol–water partition coefficient (Wildman–Crippen LogP) is 5.67. The van der Waals surface area contributed by atoms with Crippen LogP contribution in [0.3, 0.4) is 0 Å². The van der Waals surface area contributed by atoms with Crippen LogP contribution >= 0.6 is 0 Å². The number of amides is 1. The molecule has 34 heavy (non-hydrogen) atoms. The van der Waals surface area contributed by atoms with Crippen LogP contribution in [0, 0.1) is 5.92 Å². The Labute approximate surface area is 207 Å². The fourth-order valence-electron chi connectivity index (χ4n) is 7.59. The van der Waals surface area contributed by atoms with Crippen molar-refractivity contribution >= 4 is 24.6 Å². The summed E-state index contributed by atoms with van der Waals surface area (Å²) in [6.07, 6.45) is 10.1. The van der Waals surface area contributed by atoms with E-state index in [-0.39, 0.29) is 10.6 Å². The molecule has 5 rings (SSSR count). The molecule has 182 valence electrons. The van der Waals surface area contributed by atoms with Gasteiger partial charge in [0, 0.05) is 30.5 Å². The van der Waals surface area contributed by atoms with E-state index in [1.165, 1.54) is 42.5 Å². The lowest BCUT2D eigenvalue weighted by atomic mass is 9.74. The van der Waals surface area contributed by atoms with Crippen LogP contribution in [0.1, 0.15) is 78.6 Å². The standard InChI is InChI=1S/C30H41NO2Si/c1-29(2,3)34(26-16-6-4-7-17-26,27-18-8-5-9-19-27)33-23-24-13-11-21-30(24)22-12-15-25-14-10-20-28(32)31(25)30/h4-9,16-19,24-25H,10-15,20-23H2,1-3H3/t24-,25+,30+/m1/s1. The summed E-state index contributed by atoms with van der Waals surface area (Å²) in [6, 6.07) is 22.4. The van der Waals surface area contributed by atoms with Crippen molar-refractivity contribution in [2.45, 2.75) is 95.2 Å². The van der Waals surface area contributed by atoms with E-state index in [1.807, 2.05) is 0 Å². The van der Waals surface area contributed by atoms with Gasteiger partial charge in [-0.25, -0.2) is 0 Å². The van der Waals surface area contributed by atoms with Gasteiger partial charge in [-0.1, -0.05) is 87.9 Å². The molecule has 3 fully saturated rings. The van der Waals surface area contributed by atoms with Crippen molar-refractivity contribution in [3.05, 3.63) is 60.7 Å². The Balaban J connectivity index is 1.52. The first-order valence-corrected chi connectivity index (χ1v) is 15.4. The van der Waals surface area contributed by atoms with Gasteiger partial charge in [0.1, 0.15) is 0 Å². The second kappa shape index (κ2) is 9.27. The number of nitrogens with zero attached hydrogens (tertiary/aromatic N) is 1. The van der Waals surface area contributed by atoms with Gasteiger partial charge in [-0.15, -0.1) is 0 Å². The third-order valence-electron chi connectivity index (χ3n) is 9.03. The highest BCUT2D eigenvalue weighted by molar-refractivity contribution is 6.99. The van der Waals surface area contributed by atoms with Crippen LogP contribution in [0.15, 0.2) is 60.7 Å². The molecule has 0 unspecified atom stereocenters. The maximum atomic E-state index is 13.2. The Morgan fingerprint density at radius 3 is 2.03 bits per heavy atom. The lowest BCUT2D eigenvalue weighted by Gasteiger charge is -2.55. The van der Waals surface area contributed by atoms with Crippen molar-refractivity contribution in [2.75, 3.05) is 6.61 Å². The second-order valence-electron chi connectivity index (χ2n) is 11.9. The van der Waals surface area contributed by atoms with Gasteiger partial charge in [-0.05, 0) is 60.4 Å². The Morgan fingerprint density at radius 1 is 0.882 bits per heavy atom. The Morgan fingerprint density at radius 2 is 1.44 bits per heavy atom. The predicted molar refractivity (Wildman–Crippen MR) is 142 cm³/mol. The second-order valence-corrected chi connectivity index (χ2v) is 16.2. The fraction of sp³-hybridized carbons (Fsp3) is 0.567. The minimum absolute atomic E-state index is 0.0164. The van der Waals surface area contributed by atoms with Gasteiger partial charge < -0.3 is 9.33 Å². The smallest absolute Gasteiger partial charge is 0.261 e. The first-order valence-electron chi connectivity index (χ1n) is 13.5. The number of fused-ring (bicyclic) bond motifs is 2. The normalized spacial score (nSPS) is 27.7. The summed E-state index contributed by atoms with van der Waals surface area (Å²) in [5.74, 6) is 0.840. The molecule has 3 nitrogen and oxygen atoms in total. The van der Waals surface area contributed by atoms with E-state index in [1.54, 1.807) is 0 Å². The number of carbonyl (C=O) groups excluding carboxylic acids is 1. The highest BCUT2D eigenvalue weighted by atomic mass is 28.4. The molecule has 1 saturated carbocycles. The Kier molecular flexibility index (Phi) is 6.49. The number of hydrogen-bond donors (Lipinski definition) is 0. The topological polar surface area (TPSA) is 29.5 Å². The van der Waals surface area contributed by atoms with E-state index in [2.05, 4.69) is 86.3 Å². The molecule has 0 radical (unpaired) electrons. The van der Waals surface area contributed by atoms with Gasteiger partial charge in [0.25, 0.3) is 8.32 Å². The minimum atomic E-state index is -2.56. The molecule has 1 amide bonds. The third-order valence-corrected chi connectivity index (χ3v) is 14.0. The lowest BCUT2D eigenvalue weighted by Crippen LogP contribution is -2.68. The van der Waals surface area contributed by atoms with Crippen molar-refractivity contribution < 1.29 is 9.22 Å². The summed E-state index contributed by atoms with van der Waals surface area (Å²) in [6.45, 7) is 7.82. The van der Waals surface area contributed by atoms with Gasteiger partial charge in [0.2, 0.25) is 5.91 Å². The summed E-state index contributed by atoms with van der Waals surface area (Å²) < 4.78 is 7.39. The Hall–Kier alpha value is -1.91. The summed E-state index contributed by atoms with van der Waals surface area (Å²) >= 11 is 0. The van der Waals surface area contributed by atoms with E-state index >= 15 is 0 Å². The third kappa shape index (κ3) is 3.87. The molecule has 3 atom stereocenters. The van der Waals surface area contributed by atoms with Crippen LogP contribution in [-0.4, -0.2) is 37.3 Å². The molecule has 2 aliphatic heterocycles. The molecule has 0 N–H and O–H groups in total. The molecule has 1 aliphatic carbocycles.